The molecule has 9 heteroatoms. The number of aliphatic hydroxyl groups is 1. The van der Waals surface area contributed by atoms with Crippen LogP contribution in [0.3, 0.4) is 0 Å². The van der Waals surface area contributed by atoms with Crippen molar-refractivity contribution < 1.29 is 37.4 Å². The van der Waals surface area contributed by atoms with E-state index in [2.05, 4.69) is 0 Å². The number of rotatable bonds is 7. The largest absolute Gasteiger partial charge is 0.450 e. The number of carbonyl (C=O) groups is 3. The Balaban J connectivity index is 1.81. The van der Waals surface area contributed by atoms with Gasteiger partial charge in [0.05, 0.1) is 12.0 Å². The average molecular weight is 545 g/mol. The molecule has 5 nitrogen and oxygen atoms in total. The number of hydrogen-bond donors (Lipinski definition) is 1. The number of ether oxygens (including phenoxy) is 1. The summed E-state index contributed by atoms with van der Waals surface area (Å²) in [4.78, 5) is 38.4. The minimum absolute atomic E-state index is 0.106. The van der Waals surface area contributed by atoms with Gasteiger partial charge in [0, 0.05) is 34.7 Å². The fourth-order valence-corrected chi connectivity index (χ4v) is 8.53. The highest BCUT2D eigenvalue weighted by atomic mass is 35.5. The lowest BCUT2D eigenvalue weighted by Gasteiger charge is -2.63. The number of allylic oxidation sites excluding steroid dienone is 4. The Bertz CT molecular complexity index is 1060. The maximum Gasteiger partial charge on any atom is 0.306 e. The molecule has 0 aromatic rings. The van der Waals surface area contributed by atoms with Gasteiger partial charge >= 0.3 is 5.97 Å². The molecule has 1 N–H and O–H groups in total. The first kappa shape index (κ1) is 28.3. The first-order chi connectivity index (χ1) is 17.3. The molecule has 3 saturated carbocycles. The second-order valence-electron chi connectivity index (χ2n) is 11.8. The van der Waals surface area contributed by atoms with Gasteiger partial charge in [-0.25, -0.2) is 13.2 Å². The monoisotopic (exact) mass is 544 g/mol. The standard InChI is InChI=1S/C28H36ClF3O5/c1-5-6-7-8-22(36)37-28(21(35)14-29)15(2)11-16-17-12-18(30)23-24(31)19(33)9-10-25(23,3)27(17,32)20(34)13-26(16,28)4/h9-10,15-18,20,34H,5-8,11-14H2,1-4H3/t15-,16+,17+,18+,20+,25+,26+,27+,28-/m1/s1. The van der Waals surface area contributed by atoms with Crippen LogP contribution in [0, 0.1) is 28.6 Å². The summed E-state index contributed by atoms with van der Waals surface area (Å²) in [5.41, 5.74) is -7.91. The fourth-order valence-electron chi connectivity index (χ4n) is 8.33. The second kappa shape index (κ2) is 9.51. The van der Waals surface area contributed by atoms with Crippen LogP contribution in [0.4, 0.5) is 13.2 Å². The molecule has 3 fully saturated rings. The molecule has 0 unspecified atom stereocenters. The van der Waals surface area contributed by atoms with E-state index in [0.29, 0.717) is 6.42 Å². The molecule has 37 heavy (non-hydrogen) atoms. The van der Waals surface area contributed by atoms with Gasteiger partial charge in [0.1, 0.15) is 6.17 Å². The number of aliphatic hydroxyl groups excluding tert-OH is 1. The lowest BCUT2D eigenvalue weighted by molar-refractivity contribution is -0.230. The van der Waals surface area contributed by atoms with Crippen molar-refractivity contribution in [1.29, 1.82) is 0 Å². The molecular formula is C28H36ClF3O5. The number of alkyl halides is 3. The topological polar surface area (TPSA) is 80.7 Å². The first-order valence-corrected chi connectivity index (χ1v) is 13.8. The summed E-state index contributed by atoms with van der Waals surface area (Å²) in [6.07, 6.45) is 0.254. The van der Waals surface area contributed by atoms with E-state index in [1.807, 2.05) is 6.92 Å². The number of ketones is 2. The molecule has 0 bridgehead atoms. The van der Waals surface area contributed by atoms with E-state index >= 15 is 8.78 Å². The van der Waals surface area contributed by atoms with Crippen molar-refractivity contribution in [1.82, 2.24) is 0 Å². The van der Waals surface area contributed by atoms with Crippen LogP contribution >= 0.6 is 11.6 Å². The average Bonchev–Trinajstić information content (AvgIpc) is 3.05. The van der Waals surface area contributed by atoms with E-state index in [-0.39, 0.29) is 19.3 Å². The highest BCUT2D eigenvalue weighted by Crippen LogP contribution is 2.72. The zero-order chi connectivity index (χ0) is 27.6. The molecule has 0 aliphatic heterocycles. The third-order valence-corrected chi connectivity index (χ3v) is 10.3. The van der Waals surface area contributed by atoms with E-state index in [1.165, 1.54) is 13.0 Å². The Kier molecular flexibility index (Phi) is 7.28. The van der Waals surface area contributed by atoms with Gasteiger partial charge in [-0.2, -0.15) is 0 Å². The maximum atomic E-state index is 17.3. The van der Waals surface area contributed by atoms with Gasteiger partial charge in [0.2, 0.25) is 5.78 Å². The van der Waals surface area contributed by atoms with E-state index in [4.69, 9.17) is 16.3 Å². The van der Waals surface area contributed by atoms with E-state index in [9.17, 15) is 23.9 Å². The SMILES string of the molecule is CCCCCC(=O)O[C@@]1(C(=O)CCl)[C@H](C)C[C@H]2[C@@H]3C[C@H](F)C4=C(F)C(=O)C=C[C@]4(C)[C@@]3(F)[C@@H](O)C[C@@]21C. The van der Waals surface area contributed by atoms with E-state index in [0.717, 1.165) is 18.9 Å². The molecule has 9 atom stereocenters. The minimum Gasteiger partial charge on any atom is -0.450 e. The molecule has 0 saturated heterocycles. The van der Waals surface area contributed by atoms with Crippen molar-refractivity contribution >= 4 is 29.1 Å². The lowest BCUT2D eigenvalue weighted by Crippen LogP contribution is -2.71. The summed E-state index contributed by atoms with van der Waals surface area (Å²) >= 11 is 6.03. The van der Waals surface area contributed by atoms with Gasteiger partial charge in [0.25, 0.3) is 0 Å². The smallest absolute Gasteiger partial charge is 0.306 e. The molecular weight excluding hydrogens is 509 g/mol. The third kappa shape index (κ3) is 3.64. The Hall–Kier alpha value is -1.67. The van der Waals surface area contributed by atoms with Crippen LogP contribution in [0.15, 0.2) is 23.6 Å². The van der Waals surface area contributed by atoms with Gasteiger partial charge in [0.15, 0.2) is 22.9 Å². The summed E-state index contributed by atoms with van der Waals surface area (Å²) < 4.78 is 53.9. The summed E-state index contributed by atoms with van der Waals surface area (Å²) in [5.74, 6) is -6.23. The Morgan fingerprint density at radius 3 is 2.51 bits per heavy atom. The number of esters is 1. The van der Waals surface area contributed by atoms with Gasteiger partial charge in [-0.3, -0.25) is 14.4 Å². The number of carbonyl (C=O) groups excluding carboxylic acids is 3. The molecule has 4 aliphatic carbocycles. The highest BCUT2D eigenvalue weighted by Gasteiger charge is 2.78. The Morgan fingerprint density at radius 2 is 1.89 bits per heavy atom. The minimum atomic E-state index is -2.51. The number of halogens is 4. The highest BCUT2D eigenvalue weighted by molar-refractivity contribution is 6.29. The summed E-state index contributed by atoms with van der Waals surface area (Å²) in [5, 5.41) is 11.5. The van der Waals surface area contributed by atoms with Gasteiger partial charge in [-0.15, -0.1) is 11.6 Å². The predicted octanol–water partition coefficient (Wildman–Crippen LogP) is 5.52. The zero-order valence-electron chi connectivity index (χ0n) is 21.8. The summed E-state index contributed by atoms with van der Waals surface area (Å²) in [7, 11) is 0. The van der Waals surface area contributed by atoms with Crippen molar-refractivity contribution in [3.8, 4) is 0 Å². The molecule has 0 heterocycles. The lowest BCUT2D eigenvalue weighted by atomic mass is 9.44. The molecule has 4 rings (SSSR count). The van der Waals surface area contributed by atoms with E-state index in [1.54, 1.807) is 13.8 Å². The second-order valence-corrected chi connectivity index (χ2v) is 12.1. The Morgan fingerprint density at radius 1 is 1.22 bits per heavy atom. The van der Waals surface area contributed by atoms with Crippen LogP contribution in [-0.2, 0) is 19.1 Å². The van der Waals surface area contributed by atoms with Crippen LogP contribution in [0.1, 0.15) is 72.6 Å². The summed E-state index contributed by atoms with van der Waals surface area (Å²) in [6.45, 7) is 6.74. The Labute approximate surface area is 220 Å². The molecule has 0 spiro atoms. The van der Waals surface area contributed by atoms with Gasteiger partial charge < -0.3 is 9.84 Å². The van der Waals surface area contributed by atoms with Gasteiger partial charge in [-0.05, 0) is 44.6 Å². The van der Waals surface area contributed by atoms with Crippen LogP contribution in [0.2, 0.25) is 0 Å². The van der Waals surface area contributed by atoms with Crippen molar-refractivity contribution in [3.63, 3.8) is 0 Å². The number of Topliss-reactive ketones (excluding diaryl/α,β-unsaturated/α-hetero) is 1. The zero-order valence-corrected chi connectivity index (χ0v) is 22.5. The molecule has 0 amide bonds. The molecule has 206 valence electrons. The first-order valence-electron chi connectivity index (χ1n) is 13.2. The molecule has 4 aliphatic rings. The quantitative estimate of drug-likeness (QED) is 0.259. The summed E-state index contributed by atoms with van der Waals surface area (Å²) in [6, 6.07) is 0. The third-order valence-electron chi connectivity index (χ3n) is 10.0. The van der Waals surface area contributed by atoms with Crippen molar-refractivity contribution in [2.75, 3.05) is 5.88 Å². The van der Waals surface area contributed by atoms with Gasteiger partial charge in [-0.1, -0.05) is 39.7 Å². The van der Waals surface area contributed by atoms with Crippen LogP contribution in [-0.4, -0.2) is 52.1 Å². The number of unbranched alkanes of at least 4 members (excludes halogenated alkanes) is 2. The van der Waals surface area contributed by atoms with Crippen molar-refractivity contribution in [2.45, 2.75) is 96.2 Å². The molecule has 0 radical (unpaired) electrons. The van der Waals surface area contributed by atoms with E-state index < -0.39 is 93.4 Å². The number of fused-ring (bicyclic) bond motifs is 5. The predicted molar refractivity (Wildman–Crippen MR) is 132 cm³/mol. The van der Waals surface area contributed by atoms with Crippen LogP contribution in [0.5, 0.6) is 0 Å². The molecule has 0 aromatic heterocycles. The van der Waals surface area contributed by atoms with Crippen molar-refractivity contribution in [3.05, 3.63) is 23.6 Å². The van der Waals surface area contributed by atoms with Crippen molar-refractivity contribution in [2.24, 2.45) is 28.6 Å². The maximum absolute atomic E-state index is 17.3. The molecule has 0 aromatic carbocycles. The number of hydrogen-bond acceptors (Lipinski definition) is 5. The van der Waals surface area contributed by atoms with Crippen LogP contribution < -0.4 is 0 Å². The normalized spacial score (nSPS) is 44.8. The fraction of sp³-hybridized carbons (Fsp3) is 0.750. The van der Waals surface area contributed by atoms with Crippen LogP contribution in [0.25, 0.3) is 0 Å².